The first-order chi connectivity index (χ1) is 9.42. The number of rotatable bonds is 7. The zero-order chi connectivity index (χ0) is 15.2. The number of nitriles is 1. The van der Waals surface area contributed by atoms with Crippen LogP contribution in [0.3, 0.4) is 0 Å². The van der Waals surface area contributed by atoms with E-state index in [1.807, 2.05) is 6.92 Å². The highest BCUT2D eigenvalue weighted by atomic mass is 32.2. The first-order valence-electron chi connectivity index (χ1n) is 6.00. The third-order valence-corrected chi connectivity index (χ3v) is 4.13. The average Bonchev–Trinajstić information content (AvgIpc) is 2.43. The van der Waals surface area contributed by atoms with Gasteiger partial charge in [0, 0.05) is 12.7 Å². The fourth-order valence-corrected chi connectivity index (χ4v) is 2.83. The van der Waals surface area contributed by atoms with E-state index >= 15 is 0 Å². The van der Waals surface area contributed by atoms with Crippen molar-refractivity contribution < 1.29 is 18.3 Å². The number of pyridine rings is 1. The molecule has 1 unspecified atom stereocenters. The highest BCUT2D eigenvalue weighted by Crippen LogP contribution is 2.13. The topological polar surface area (TPSA) is 120 Å². The van der Waals surface area contributed by atoms with Gasteiger partial charge in [0.05, 0.1) is 5.92 Å². The van der Waals surface area contributed by atoms with Crippen molar-refractivity contribution in [2.45, 2.75) is 24.7 Å². The van der Waals surface area contributed by atoms with Gasteiger partial charge in [-0.15, -0.1) is 0 Å². The van der Waals surface area contributed by atoms with Gasteiger partial charge in [0.25, 0.3) is 0 Å². The van der Waals surface area contributed by atoms with Crippen LogP contribution in [0.1, 0.15) is 25.5 Å². The van der Waals surface area contributed by atoms with E-state index in [9.17, 15) is 13.2 Å². The van der Waals surface area contributed by atoms with Gasteiger partial charge in [0.15, 0.2) is 5.69 Å². The summed E-state index contributed by atoms with van der Waals surface area (Å²) in [5.74, 6) is -1.85. The number of carbonyl (C=O) groups is 1. The average molecular weight is 297 g/mol. The monoisotopic (exact) mass is 297 g/mol. The van der Waals surface area contributed by atoms with E-state index in [4.69, 9.17) is 10.4 Å². The lowest BCUT2D eigenvalue weighted by Crippen LogP contribution is -2.33. The second kappa shape index (κ2) is 6.98. The van der Waals surface area contributed by atoms with E-state index in [0.717, 1.165) is 0 Å². The van der Waals surface area contributed by atoms with E-state index in [2.05, 4.69) is 9.71 Å². The Morgan fingerprint density at radius 1 is 1.60 bits per heavy atom. The van der Waals surface area contributed by atoms with Crippen LogP contribution < -0.4 is 4.72 Å². The van der Waals surface area contributed by atoms with E-state index in [1.54, 1.807) is 6.07 Å². The fraction of sp³-hybridized carbons (Fsp3) is 0.417. The molecule has 1 atom stereocenters. The van der Waals surface area contributed by atoms with Gasteiger partial charge in [-0.25, -0.2) is 18.1 Å². The number of hydrogen-bond donors (Lipinski definition) is 2. The van der Waals surface area contributed by atoms with Crippen LogP contribution in [0, 0.1) is 17.2 Å². The quantitative estimate of drug-likeness (QED) is 0.765. The number of aromatic nitrogens is 1. The number of sulfonamides is 1. The molecule has 1 heterocycles. The summed E-state index contributed by atoms with van der Waals surface area (Å²) in [5, 5.41) is 17.8. The number of nitrogens with one attached hydrogen (secondary N) is 1. The van der Waals surface area contributed by atoms with Crippen molar-refractivity contribution in [1.29, 1.82) is 5.26 Å². The van der Waals surface area contributed by atoms with Crippen LogP contribution in [0.2, 0.25) is 0 Å². The van der Waals surface area contributed by atoms with Gasteiger partial charge in [-0.2, -0.15) is 5.26 Å². The molecular formula is C12H15N3O4S. The number of nitrogens with zero attached hydrogens (tertiary/aromatic N) is 2. The van der Waals surface area contributed by atoms with Crippen LogP contribution in [-0.2, 0) is 14.8 Å². The number of carboxylic acids is 1. The van der Waals surface area contributed by atoms with Gasteiger partial charge in [0.2, 0.25) is 10.0 Å². The maximum atomic E-state index is 12.0. The summed E-state index contributed by atoms with van der Waals surface area (Å²) in [6, 6.07) is 4.34. The molecule has 8 heteroatoms. The second-order valence-electron chi connectivity index (χ2n) is 4.14. The summed E-state index contributed by atoms with van der Waals surface area (Å²) in [5.41, 5.74) is -0.220. The van der Waals surface area contributed by atoms with E-state index in [-0.39, 0.29) is 17.1 Å². The molecule has 0 fully saturated rings. The Labute approximate surface area is 117 Å². The van der Waals surface area contributed by atoms with Crippen LogP contribution in [0.5, 0.6) is 0 Å². The van der Waals surface area contributed by atoms with Crippen molar-refractivity contribution in [3.63, 3.8) is 0 Å². The fourth-order valence-electron chi connectivity index (χ4n) is 1.64. The SMILES string of the molecule is CCCC(CNS(=O)(=O)c1cccnc1C#N)C(=O)O. The molecule has 0 saturated carbocycles. The third kappa shape index (κ3) is 4.01. The van der Waals surface area contributed by atoms with Gasteiger partial charge in [-0.3, -0.25) is 4.79 Å². The number of aliphatic carboxylic acids is 1. The molecule has 20 heavy (non-hydrogen) atoms. The van der Waals surface area contributed by atoms with Crippen LogP contribution in [0.25, 0.3) is 0 Å². The van der Waals surface area contributed by atoms with E-state index < -0.39 is 21.9 Å². The summed E-state index contributed by atoms with van der Waals surface area (Å²) >= 11 is 0. The molecule has 0 aliphatic heterocycles. The lowest BCUT2D eigenvalue weighted by Gasteiger charge is -2.13. The zero-order valence-corrected chi connectivity index (χ0v) is 11.7. The molecule has 0 radical (unpaired) electrons. The lowest BCUT2D eigenvalue weighted by atomic mass is 10.1. The molecule has 2 N–H and O–H groups in total. The molecule has 1 aromatic rings. The molecule has 1 aromatic heterocycles. The maximum Gasteiger partial charge on any atom is 0.307 e. The van der Waals surface area contributed by atoms with Gasteiger partial charge in [-0.05, 0) is 18.6 Å². The minimum atomic E-state index is -3.95. The minimum Gasteiger partial charge on any atom is -0.481 e. The van der Waals surface area contributed by atoms with Gasteiger partial charge < -0.3 is 5.11 Å². The Morgan fingerprint density at radius 3 is 2.85 bits per heavy atom. The standard InChI is InChI=1S/C12H15N3O4S/c1-2-4-9(12(16)17)8-15-20(18,19)11-5-3-6-14-10(11)7-13/h3,5-6,9,15H,2,4,8H2,1H3,(H,16,17). The van der Waals surface area contributed by atoms with Crippen molar-refractivity contribution in [3.8, 4) is 6.07 Å². The van der Waals surface area contributed by atoms with Gasteiger partial charge >= 0.3 is 5.97 Å². The molecule has 0 aliphatic carbocycles. The van der Waals surface area contributed by atoms with Crippen molar-refractivity contribution in [3.05, 3.63) is 24.0 Å². The van der Waals surface area contributed by atoms with Crippen molar-refractivity contribution >= 4 is 16.0 Å². The predicted octanol–water partition coefficient (Wildman–Crippen LogP) is 0.732. The second-order valence-corrected chi connectivity index (χ2v) is 5.87. The Bertz CT molecular complexity index is 622. The molecule has 0 aromatic carbocycles. The molecule has 0 amide bonds. The maximum absolute atomic E-state index is 12.0. The molecular weight excluding hydrogens is 282 g/mol. The summed E-state index contributed by atoms with van der Waals surface area (Å²) < 4.78 is 26.3. The summed E-state index contributed by atoms with van der Waals surface area (Å²) in [7, 11) is -3.95. The van der Waals surface area contributed by atoms with E-state index in [0.29, 0.717) is 12.8 Å². The molecule has 7 nitrogen and oxygen atoms in total. The first kappa shape index (κ1) is 16.1. The Kier molecular flexibility index (Phi) is 5.61. The van der Waals surface area contributed by atoms with Crippen molar-refractivity contribution in [2.24, 2.45) is 5.92 Å². The van der Waals surface area contributed by atoms with Crippen molar-refractivity contribution in [2.75, 3.05) is 6.54 Å². The lowest BCUT2D eigenvalue weighted by molar-refractivity contribution is -0.141. The van der Waals surface area contributed by atoms with Gasteiger partial charge in [0.1, 0.15) is 11.0 Å². The molecule has 1 rings (SSSR count). The Morgan fingerprint density at radius 2 is 2.30 bits per heavy atom. The summed E-state index contributed by atoms with van der Waals surface area (Å²) in [6.07, 6.45) is 2.32. The first-order valence-corrected chi connectivity index (χ1v) is 7.48. The normalized spacial score (nSPS) is 12.6. The molecule has 0 aliphatic rings. The number of hydrogen-bond acceptors (Lipinski definition) is 5. The zero-order valence-electron chi connectivity index (χ0n) is 10.9. The highest BCUT2D eigenvalue weighted by molar-refractivity contribution is 7.89. The number of carboxylic acid groups (broad SMARTS) is 1. The minimum absolute atomic E-state index is 0.217. The molecule has 108 valence electrons. The summed E-state index contributed by atoms with van der Waals surface area (Å²) in [4.78, 5) is 14.4. The summed E-state index contributed by atoms with van der Waals surface area (Å²) in [6.45, 7) is 1.60. The molecule has 0 saturated heterocycles. The van der Waals surface area contributed by atoms with Crippen LogP contribution in [0.4, 0.5) is 0 Å². The molecule has 0 spiro atoms. The van der Waals surface area contributed by atoms with Gasteiger partial charge in [-0.1, -0.05) is 13.3 Å². The highest BCUT2D eigenvalue weighted by Gasteiger charge is 2.23. The molecule has 0 bridgehead atoms. The third-order valence-electron chi connectivity index (χ3n) is 2.67. The van der Waals surface area contributed by atoms with Crippen LogP contribution >= 0.6 is 0 Å². The smallest absolute Gasteiger partial charge is 0.307 e. The Balaban J connectivity index is 2.90. The van der Waals surface area contributed by atoms with Crippen molar-refractivity contribution in [1.82, 2.24) is 9.71 Å². The van der Waals surface area contributed by atoms with Crippen LogP contribution in [-0.4, -0.2) is 31.0 Å². The predicted molar refractivity (Wildman–Crippen MR) is 70.2 cm³/mol. The Hall–Kier alpha value is -1.98. The van der Waals surface area contributed by atoms with Crippen LogP contribution in [0.15, 0.2) is 23.2 Å². The van der Waals surface area contributed by atoms with E-state index in [1.165, 1.54) is 18.3 Å². The largest absolute Gasteiger partial charge is 0.481 e.